The number of hydrogen-bond acceptors (Lipinski definition) is 2. The van der Waals surface area contributed by atoms with Crippen molar-refractivity contribution in [3.63, 3.8) is 0 Å². The molecule has 21 heavy (non-hydrogen) atoms. The van der Waals surface area contributed by atoms with Crippen LogP contribution in [0.25, 0.3) is 0 Å². The average molecular weight is 281 g/mol. The van der Waals surface area contributed by atoms with Gasteiger partial charge in [0.05, 0.1) is 12.1 Å². The van der Waals surface area contributed by atoms with Crippen LogP contribution in [0.2, 0.25) is 0 Å². The van der Waals surface area contributed by atoms with Crippen LogP contribution in [0.15, 0.2) is 60.7 Å². The van der Waals surface area contributed by atoms with Gasteiger partial charge < -0.3 is 10.1 Å². The fourth-order valence-electron chi connectivity index (χ4n) is 3.19. The standard InChI is InChI=1S/C19H23NO/c1-14-13-15(2)21-19(17-11-7-4-8-12-17)18(20-14)16-9-5-3-6-10-16/h3-12,14-15,18-20H,13H2,1-2H3. The molecule has 0 spiro atoms. The van der Waals surface area contributed by atoms with E-state index in [0.29, 0.717) is 6.04 Å². The molecule has 0 bridgehead atoms. The average Bonchev–Trinajstić information content (AvgIpc) is 2.67. The van der Waals surface area contributed by atoms with E-state index >= 15 is 0 Å². The van der Waals surface area contributed by atoms with E-state index in [9.17, 15) is 0 Å². The second-order valence-corrected chi connectivity index (χ2v) is 5.97. The zero-order valence-corrected chi connectivity index (χ0v) is 12.7. The van der Waals surface area contributed by atoms with Gasteiger partial charge in [-0.15, -0.1) is 0 Å². The van der Waals surface area contributed by atoms with Crippen LogP contribution in [-0.2, 0) is 4.74 Å². The SMILES string of the molecule is CC1CC(C)OC(c2ccccc2)C(c2ccccc2)N1. The zero-order chi connectivity index (χ0) is 14.7. The summed E-state index contributed by atoms with van der Waals surface area (Å²) in [5.74, 6) is 0. The number of nitrogens with one attached hydrogen (secondary N) is 1. The minimum absolute atomic E-state index is 0.0496. The smallest absolute Gasteiger partial charge is 0.102 e. The lowest BCUT2D eigenvalue weighted by atomic mass is 9.95. The summed E-state index contributed by atoms with van der Waals surface area (Å²) in [5.41, 5.74) is 2.52. The maximum absolute atomic E-state index is 6.37. The van der Waals surface area contributed by atoms with Gasteiger partial charge in [0.25, 0.3) is 0 Å². The predicted octanol–water partition coefficient (Wildman–Crippen LogP) is 4.26. The van der Waals surface area contributed by atoms with Crippen LogP contribution in [0.3, 0.4) is 0 Å². The molecular formula is C19H23NO. The Labute approximate surface area is 127 Å². The summed E-state index contributed by atoms with van der Waals surface area (Å²) in [6.45, 7) is 4.41. The van der Waals surface area contributed by atoms with Crippen LogP contribution in [0.5, 0.6) is 0 Å². The fourth-order valence-corrected chi connectivity index (χ4v) is 3.19. The van der Waals surface area contributed by atoms with Gasteiger partial charge in [-0.1, -0.05) is 60.7 Å². The van der Waals surface area contributed by atoms with Crippen LogP contribution in [0, 0.1) is 0 Å². The molecule has 1 aliphatic heterocycles. The minimum Gasteiger partial charge on any atom is -0.369 e. The first kappa shape index (κ1) is 14.3. The number of benzene rings is 2. The summed E-state index contributed by atoms with van der Waals surface area (Å²) in [6, 6.07) is 21.8. The van der Waals surface area contributed by atoms with Gasteiger partial charge in [-0.2, -0.15) is 0 Å². The second kappa shape index (κ2) is 6.42. The molecule has 0 saturated carbocycles. The highest BCUT2D eigenvalue weighted by Gasteiger charge is 2.31. The van der Waals surface area contributed by atoms with Gasteiger partial charge in [0.2, 0.25) is 0 Å². The molecule has 2 nitrogen and oxygen atoms in total. The van der Waals surface area contributed by atoms with Crippen LogP contribution >= 0.6 is 0 Å². The summed E-state index contributed by atoms with van der Waals surface area (Å²) in [7, 11) is 0. The Morgan fingerprint density at radius 2 is 1.43 bits per heavy atom. The normalized spacial score (nSPS) is 29.8. The second-order valence-electron chi connectivity index (χ2n) is 5.97. The molecule has 3 rings (SSSR count). The molecule has 1 N–H and O–H groups in total. The van der Waals surface area contributed by atoms with Crippen LogP contribution in [0.1, 0.15) is 43.5 Å². The van der Waals surface area contributed by atoms with Crippen molar-refractivity contribution in [2.75, 3.05) is 0 Å². The topological polar surface area (TPSA) is 21.3 Å². The molecule has 1 saturated heterocycles. The minimum atomic E-state index is 0.0496. The van der Waals surface area contributed by atoms with E-state index in [2.05, 4.69) is 79.8 Å². The monoisotopic (exact) mass is 281 g/mol. The Bertz CT molecular complexity index is 503. The van der Waals surface area contributed by atoms with Crippen molar-refractivity contribution >= 4 is 0 Å². The molecule has 0 aliphatic carbocycles. The maximum atomic E-state index is 6.37. The zero-order valence-electron chi connectivity index (χ0n) is 12.7. The molecule has 1 heterocycles. The summed E-state index contributed by atoms with van der Waals surface area (Å²) in [6.07, 6.45) is 1.34. The third-order valence-corrected chi connectivity index (χ3v) is 4.12. The molecule has 2 heteroatoms. The molecule has 2 aromatic carbocycles. The summed E-state index contributed by atoms with van der Waals surface area (Å²) < 4.78 is 6.37. The van der Waals surface area contributed by atoms with Crippen molar-refractivity contribution in [2.45, 2.75) is 44.6 Å². The molecule has 110 valence electrons. The van der Waals surface area contributed by atoms with Gasteiger partial charge in [0.1, 0.15) is 6.10 Å². The third kappa shape index (κ3) is 3.34. The van der Waals surface area contributed by atoms with E-state index in [1.54, 1.807) is 0 Å². The van der Waals surface area contributed by atoms with Crippen molar-refractivity contribution in [2.24, 2.45) is 0 Å². The molecule has 1 aliphatic rings. The highest BCUT2D eigenvalue weighted by atomic mass is 16.5. The van der Waals surface area contributed by atoms with E-state index < -0.39 is 0 Å². The third-order valence-electron chi connectivity index (χ3n) is 4.12. The van der Waals surface area contributed by atoms with Crippen LogP contribution in [-0.4, -0.2) is 12.1 Å². The lowest BCUT2D eigenvalue weighted by Gasteiger charge is -2.28. The van der Waals surface area contributed by atoms with Crippen molar-refractivity contribution in [1.29, 1.82) is 0 Å². The number of rotatable bonds is 2. The van der Waals surface area contributed by atoms with Crippen LogP contribution in [0.4, 0.5) is 0 Å². The Hall–Kier alpha value is -1.64. The van der Waals surface area contributed by atoms with E-state index in [1.165, 1.54) is 11.1 Å². The van der Waals surface area contributed by atoms with E-state index in [1.807, 2.05) is 0 Å². The lowest BCUT2D eigenvalue weighted by Crippen LogP contribution is -2.32. The van der Waals surface area contributed by atoms with Crippen molar-refractivity contribution in [3.8, 4) is 0 Å². The van der Waals surface area contributed by atoms with E-state index in [-0.39, 0.29) is 18.2 Å². The largest absolute Gasteiger partial charge is 0.369 e. The summed E-state index contributed by atoms with van der Waals surface area (Å²) in [4.78, 5) is 0. The van der Waals surface area contributed by atoms with Crippen molar-refractivity contribution in [3.05, 3.63) is 71.8 Å². The van der Waals surface area contributed by atoms with E-state index in [0.717, 1.165) is 6.42 Å². The van der Waals surface area contributed by atoms with E-state index in [4.69, 9.17) is 4.74 Å². The van der Waals surface area contributed by atoms with Gasteiger partial charge in [0, 0.05) is 6.04 Å². The molecule has 0 radical (unpaired) electrons. The molecule has 1 fully saturated rings. The molecule has 2 aromatic rings. The summed E-state index contributed by atoms with van der Waals surface area (Å²) in [5, 5.41) is 3.75. The maximum Gasteiger partial charge on any atom is 0.102 e. The molecule has 0 aromatic heterocycles. The highest BCUT2D eigenvalue weighted by Crippen LogP contribution is 2.36. The van der Waals surface area contributed by atoms with Gasteiger partial charge in [-0.3, -0.25) is 0 Å². The first-order valence-electron chi connectivity index (χ1n) is 7.75. The Balaban J connectivity index is 1.99. The Morgan fingerprint density at radius 3 is 2.05 bits per heavy atom. The number of ether oxygens (including phenoxy) is 1. The van der Waals surface area contributed by atoms with Gasteiger partial charge in [-0.25, -0.2) is 0 Å². The van der Waals surface area contributed by atoms with Crippen LogP contribution < -0.4 is 5.32 Å². The van der Waals surface area contributed by atoms with Gasteiger partial charge in [0.15, 0.2) is 0 Å². The van der Waals surface area contributed by atoms with Gasteiger partial charge >= 0.3 is 0 Å². The molecular weight excluding hydrogens is 258 g/mol. The fraction of sp³-hybridized carbons (Fsp3) is 0.368. The first-order chi connectivity index (χ1) is 10.2. The van der Waals surface area contributed by atoms with Gasteiger partial charge in [-0.05, 0) is 31.4 Å². The first-order valence-corrected chi connectivity index (χ1v) is 7.75. The molecule has 4 unspecified atom stereocenters. The predicted molar refractivity (Wildman–Crippen MR) is 86.1 cm³/mol. The Kier molecular flexibility index (Phi) is 4.37. The van der Waals surface area contributed by atoms with Crippen molar-refractivity contribution in [1.82, 2.24) is 5.32 Å². The van der Waals surface area contributed by atoms with Crippen molar-refractivity contribution < 1.29 is 4.74 Å². The summed E-state index contributed by atoms with van der Waals surface area (Å²) >= 11 is 0. The highest BCUT2D eigenvalue weighted by molar-refractivity contribution is 5.27. The molecule has 0 amide bonds. The lowest BCUT2D eigenvalue weighted by molar-refractivity contribution is -0.0113. The molecule has 4 atom stereocenters. The quantitative estimate of drug-likeness (QED) is 0.888. The Morgan fingerprint density at radius 1 is 0.857 bits per heavy atom. The number of hydrogen-bond donors (Lipinski definition) is 1.